The first kappa shape index (κ1) is 14.3. The van der Waals surface area contributed by atoms with Crippen LogP contribution in [0.3, 0.4) is 0 Å². The van der Waals surface area contributed by atoms with Crippen LogP contribution < -0.4 is 10.6 Å². The van der Waals surface area contributed by atoms with Gasteiger partial charge in [0.15, 0.2) is 5.11 Å². The van der Waals surface area contributed by atoms with Gasteiger partial charge in [-0.05, 0) is 44.0 Å². The molecule has 5 nitrogen and oxygen atoms in total. The van der Waals surface area contributed by atoms with Crippen molar-refractivity contribution in [2.75, 3.05) is 19.7 Å². The minimum atomic E-state index is 0.326. The highest BCUT2D eigenvalue weighted by Gasteiger charge is 2.14. The highest BCUT2D eigenvalue weighted by molar-refractivity contribution is 7.80. The second-order valence-corrected chi connectivity index (χ2v) is 5.31. The van der Waals surface area contributed by atoms with Crippen molar-refractivity contribution >= 4 is 17.3 Å². The number of aryl methyl sites for hydroxylation is 2. The zero-order valence-corrected chi connectivity index (χ0v) is 12.2. The van der Waals surface area contributed by atoms with E-state index < -0.39 is 0 Å². The van der Waals surface area contributed by atoms with Crippen LogP contribution in [0.1, 0.15) is 24.8 Å². The summed E-state index contributed by atoms with van der Waals surface area (Å²) < 4.78 is 7.49. The van der Waals surface area contributed by atoms with E-state index in [0.717, 1.165) is 45.5 Å². The lowest BCUT2D eigenvalue weighted by Crippen LogP contribution is -2.39. The van der Waals surface area contributed by atoms with E-state index >= 15 is 0 Å². The Morgan fingerprint density at radius 2 is 2.47 bits per heavy atom. The maximum Gasteiger partial charge on any atom is 0.166 e. The van der Waals surface area contributed by atoms with E-state index in [2.05, 4.69) is 15.7 Å². The van der Waals surface area contributed by atoms with E-state index in [1.54, 1.807) is 0 Å². The summed E-state index contributed by atoms with van der Waals surface area (Å²) in [6.07, 6.45) is 7.55. The fourth-order valence-electron chi connectivity index (χ4n) is 2.11. The molecule has 0 amide bonds. The van der Waals surface area contributed by atoms with Crippen LogP contribution in [0, 0.1) is 6.92 Å². The fraction of sp³-hybridized carbons (Fsp3) is 0.692. The third-order valence-electron chi connectivity index (χ3n) is 3.13. The predicted octanol–water partition coefficient (Wildman–Crippen LogP) is 1.22. The molecule has 0 spiro atoms. The average Bonchev–Trinajstić information content (AvgIpc) is 3.04. The number of nitrogens with one attached hydrogen (secondary N) is 2. The minimum absolute atomic E-state index is 0.326. The maximum atomic E-state index is 5.53. The first-order chi connectivity index (χ1) is 9.24. The second-order valence-electron chi connectivity index (χ2n) is 4.91. The molecule has 1 aliphatic heterocycles. The van der Waals surface area contributed by atoms with Crippen molar-refractivity contribution in [1.82, 2.24) is 20.4 Å². The van der Waals surface area contributed by atoms with E-state index in [4.69, 9.17) is 17.0 Å². The van der Waals surface area contributed by atoms with E-state index in [0.29, 0.717) is 11.2 Å². The van der Waals surface area contributed by atoms with Crippen molar-refractivity contribution in [2.24, 2.45) is 0 Å². The van der Waals surface area contributed by atoms with Crippen LogP contribution in [0.25, 0.3) is 0 Å². The zero-order valence-electron chi connectivity index (χ0n) is 11.4. The van der Waals surface area contributed by atoms with Gasteiger partial charge < -0.3 is 15.4 Å². The van der Waals surface area contributed by atoms with Crippen molar-refractivity contribution in [3.63, 3.8) is 0 Å². The highest BCUT2D eigenvalue weighted by Crippen LogP contribution is 2.10. The van der Waals surface area contributed by atoms with Gasteiger partial charge in [0.25, 0.3) is 0 Å². The number of aromatic nitrogens is 2. The Kier molecular flexibility index (Phi) is 5.60. The van der Waals surface area contributed by atoms with Gasteiger partial charge in [0.2, 0.25) is 0 Å². The van der Waals surface area contributed by atoms with Crippen molar-refractivity contribution in [3.05, 3.63) is 18.0 Å². The van der Waals surface area contributed by atoms with Crippen LogP contribution in [0.2, 0.25) is 0 Å². The average molecular weight is 282 g/mol. The van der Waals surface area contributed by atoms with Gasteiger partial charge in [-0.25, -0.2) is 0 Å². The summed E-state index contributed by atoms with van der Waals surface area (Å²) in [5.41, 5.74) is 1.20. The number of thiocarbonyl (C=S) groups is 1. The first-order valence-corrected chi connectivity index (χ1v) is 7.27. The zero-order chi connectivity index (χ0) is 13.5. The molecule has 1 saturated heterocycles. The topological polar surface area (TPSA) is 51.1 Å². The van der Waals surface area contributed by atoms with Crippen molar-refractivity contribution < 1.29 is 4.74 Å². The molecule has 0 unspecified atom stereocenters. The lowest BCUT2D eigenvalue weighted by molar-refractivity contribution is 0.114. The van der Waals surface area contributed by atoms with Gasteiger partial charge in [-0.15, -0.1) is 0 Å². The van der Waals surface area contributed by atoms with Gasteiger partial charge in [-0.2, -0.15) is 5.10 Å². The molecule has 2 N–H and O–H groups in total. The summed E-state index contributed by atoms with van der Waals surface area (Å²) >= 11 is 5.22. The van der Waals surface area contributed by atoms with Gasteiger partial charge in [0, 0.05) is 32.4 Å². The first-order valence-electron chi connectivity index (χ1n) is 6.86. The molecule has 19 heavy (non-hydrogen) atoms. The van der Waals surface area contributed by atoms with Crippen molar-refractivity contribution in [1.29, 1.82) is 0 Å². The molecule has 1 aromatic heterocycles. The Morgan fingerprint density at radius 1 is 1.58 bits per heavy atom. The number of hydrogen-bond donors (Lipinski definition) is 2. The van der Waals surface area contributed by atoms with Gasteiger partial charge in [-0.3, -0.25) is 4.68 Å². The molecule has 0 aliphatic carbocycles. The lowest BCUT2D eigenvalue weighted by atomic mass is 10.2. The molecule has 0 bridgehead atoms. The molecule has 2 rings (SSSR count). The normalized spacial score (nSPS) is 18.5. The van der Waals surface area contributed by atoms with Crippen LogP contribution in [-0.2, 0) is 11.3 Å². The quantitative estimate of drug-likeness (QED) is 0.607. The maximum absolute atomic E-state index is 5.53. The highest BCUT2D eigenvalue weighted by atomic mass is 32.1. The standard InChI is InChI=1S/C13H22N4OS/c1-11-8-16-17(10-11)6-3-5-14-13(19)15-9-12-4-2-7-18-12/h8,10,12H,2-7,9H2,1H3,(H2,14,15,19)/t12-/m0/s1. The molecule has 1 atom stereocenters. The van der Waals surface area contributed by atoms with Gasteiger partial charge in [0.1, 0.15) is 0 Å². The number of rotatable bonds is 6. The Morgan fingerprint density at radius 3 is 3.16 bits per heavy atom. The summed E-state index contributed by atoms with van der Waals surface area (Å²) in [7, 11) is 0. The van der Waals surface area contributed by atoms with E-state index in [1.807, 2.05) is 24.0 Å². The van der Waals surface area contributed by atoms with Gasteiger partial charge >= 0.3 is 0 Å². The summed E-state index contributed by atoms with van der Waals surface area (Å²) in [4.78, 5) is 0. The molecule has 6 heteroatoms. The summed E-state index contributed by atoms with van der Waals surface area (Å²) in [6, 6.07) is 0. The molecule has 0 radical (unpaired) electrons. The Labute approximate surface area is 119 Å². The summed E-state index contributed by atoms with van der Waals surface area (Å²) in [6.45, 7) is 5.51. The predicted molar refractivity (Wildman–Crippen MR) is 79.2 cm³/mol. The lowest BCUT2D eigenvalue weighted by Gasteiger charge is -2.13. The van der Waals surface area contributed by atoms with Crippen molar-refractivity contribution in [2.45, 2.75) is 38.8 Å². The molecule has 0 aromatic carbocycles. The Bertz CT molecular complexity index is 401. The SMILES string of the molecule is Cc1cnn(CCCNC(=S)NC[C@@H]2CCCO2)c1. The van der Waals surface area contributed by atoms with Crippen LogP contribution in [0.5, 0.6) is 0 Å². The third-order valence-corrected chi connectivity index (χ3v) is 3.41. The van der Waals surface area contributed by atoms with E-state index in [9.17, 15) is 0 Å². The van der Waals surface area contributed by atoms with E-state index in [1.165, 1.54) is 5.56 Å². The van der Waals surface area contributed by atoms with Crippen LogP contribution in [0.15, 0.2) is 12.4 Å². The smallest absolute Gasteiger partial charge is 0.166 e. The molecule has 1 aromatic rings. The Balaban J connectivity index is 1.51. The van der Waals surface area contributed by atoms with Crippen LogP contribution in [-0.4, -0.2) is 40.7 Å². The summed E-state index contributed by atoms with van der Waals surface area (Å²) in [5.74, 6) is 0. The molecule has 1 aliphatic rings. The Hall–Kier alpha value is -1.14. The number of hydrogen-bond acceptors (Lipinski definition) is 3. The van der Waals surface area contributed by atoms with E-state index in [-0.39, 0.29) is 0 Å². The van der Waals surface area contributed by atoms with Crippen LogP contribution >= 0.6 is 12.2 Å². The molecular formula is C13H22N4OS. The molecule has 106 valence electrons. The van der Waals surface area contributed by atoms with Crippen molar-refractivity contribution in [3.8, 4) is 0 Å². The third kappa shape index (κ3) is 5.16. The monoisotopic (exact) mass is 282 g/mol. The molecule has 0 saturated carbocycles. The fourth-order valence-corrected chi connectivity index (χ4v) is 2.29. The molecular weight excluding hydrogens is 260 g/mol. The molecule has 1 fully saturated rings. The second kappa shape index (κ2) is 7.45. The summed E-state index contributed by atoms with van der Waals surface area (Å²) in [5, 5.41) is 11.4. The minimum Gasteiger partial charge on any atom is -0.376 e. The number of nitrogens with zero attached hydrogens (tertiary/aromatic N) is 2. The largest absolute Gasteiger partial charge is 0.376 e. The van der Waals surface area contributed by atoms with Gasteiger partial charge in [-0.1, -0.05) is 0 Å². The van der Waals surface area contributed by atoms with Crippen LogP contribution in [0.4, 0.5) is 0 Å². The molecule has 2 heterocycles. The number of ether oxygens (including phenoxy) is 1. The van der Waals surface area contributed by atoms with Gasteiger partial charge in [0.05, 0.1) is 12.3 Å².